The van der Waals surface area contributed by atoms with Gasteiger partial charge in [0, 0.05) is 18.3 Å². The van der Waals surface area contributed by atoms with Crippen molar-refractivity contribution in [2.75, 3.05) is 11.9 Å². The minimum Gasteiger partial charge on any atom is -0.389 e. The van der Waals surface area contributed by atoms with Crippen molar-refractivity contribution in [2.24, 2.45) is 0 Å². The van der Waals surface area contributed by atoms with Crippen LogP contribution in [0.15, 0.2) is 42.5 Å². The lowest BCUT2D eigenvalue weighted by atomic mass is 10.0. The van der Waals surface area contributed by atoms with E-state index in [0.29, 0.717) is 22.4 Å². The van der Waals surface area contributed by atoms with Crippen LogP contribution in [-0.4, -0.2) is 12.2 Å². The molecule has 4 heteroatoms. The first kappa shape index (κ1) is 14.6. The minimum atomic E-state index is -0.663. The van der Waals surface area contributed by atoms with Crippen LogP contribution < -0.4 is 4.90 Å². The zero-order valence-corrected chi connectivity index (χ0v) is 11.9. The fourth-order valence-electron chi connectivity index (χ4n) is 2.25. The highest BCUT2D eigenvalue weighted by Crippen LogP contribution is 2.33. The first-order valence-corrected chi connectivity index (χ1v) is 6.53. The molecule has 0 aliphatic carbocycles. The molecule has 4 nitrogen and oxygen atoms in total. The first-order chi connectivity index (χ1) is 10.1. The Morgan fingerprint density at radius 2 is 1.76 bits per heavy atom. The number of nitrogens with zero attached hydrogens (tertiary/aromatic N) is 3. The van der Waals surface area contributed by atoms with E-state index in [9.17, 15) is 10.4 Å². The molecule has 104 valence electrons. The molecule has 0 fully saturated rings. The van der Waals surface area contributed by atoms with Crippen molar-refractivity contribution >= 4 is 11.4 Å². The molecule has 0 unspecified atom stereocenters. The SMILES string of the molecule is C[C@@H](O)c1ccc(C#N)cc1N(C)c1ccccc1C#N. The van der Waals surface area contributed by atoms with Gasteiger partial charge in [-0.05, 0) is 31.2 Å². The Hall–Kier alpha value is -2.82. The number of benzene rings is 2. The molecule has 0 spiro atoms. The Balaban J connectivity index is 2.60. The van der Waals surface area contributed by atoms with Gasteiger partial charge >= 0.3 is 0 Å². The Labute approximate surface area is 124 Å². The normalized spacial score (nSPS) is 11.3. The third-order valence-corrected chi connectivity index (χ3v) is 3.36. The number of aliphatic hydroxyl groups is 1. The zero-order valence-electron chi connectivity index (χ0n) is 11.9. The molecule has 2 aromatic rings. The summed E-state index contributed by atoms with van der Waals surface area (Å²) in [4.78, 5) is 1.82. The lowest BCUT2D eigenvalue weighted by molar-refractivity contribution is 0.200. The summed E-state index contributed by atoms with van der Waals surface area (Å²) in [6.45, 7) is 1.68. The fraction of sp³-hybridized carbons (Fsp3) is 0.176. The second-order valence-corrected chi connectivity index (χ2v) is 4.75. The van der Waals surface area contributed by atoms with Gasteiger partial charge in [-0.25, -0.2) is 0 Å². The fourth-order valence-corrected chi connectivity index (χ4v) is 2.25. The highest BCUT2D eigenvalue weighted by Gasteiger charge is 2.16. The van der Waals surface area contributed by atoms with Gasteiger partial charge in [0.2, 0.25) is 0 Å². The number of aliphatic hydroxyl groups excluding tert-OH is 1. The Morgan fingerprint density at radius 1 is 1.05 bits per heavy atom. The Morgan fingerprint density at radius 3 is 2.38 bits per heavy atom. The van der Waals surface area contributed by atoms with E-state index in [1.807, 2.05) is 24.1 Å². The zero-order chi connectivity index (χ0) is 15.4. The van der Waals surface area contributed by atoms with E-state index in [2.05, 4.69) is 12.1 Å². The summed E-state index contributed by atoms with van der Waals surface area (Å²) >= 11 is 0. The van der Waals surface area contributed by atoms with Gasteiger partial charge in [0.05, 0.1) is 29.0 Å². The largest absolute Gasteiger partial charge is 0.389 e. The topological polar surface area (TPSA) is 71.0 Å². The molecule has 0 saturated carbocycles. The number of anilines is 2. The molecular formula is C17H15N3O. The molecule has 0 aliphatic heterocycles. The van der Waals surface area contributed by atoms with Crippen LogP contribution in [0.4, 0.5) is 11.4 Å². The van der Waals surface area contributed by atoms with Crippen molar-refractivity contribution in [1.29, 1.82) is 10.5 Å². The van der Waals surface area contributed by atoms with Crippen LogP contribution in [0.1, 0.15) is 29.7 Å². The molecule has 0 heterocycles. The molecule has 0 aliphatic rings. The second-order valence-electron chi connectivity index (χ2n) is 4.75. The number of rotatable bonds is 3. The van der Waals surface area contributed by atoms with Crippen LogP contribution >= 0.6 is 0 Å². The molecule has 0 amide bonds. The Bertz CT molecular complexity index is 738. The van der Waals surface area contributed by atoms with E-state index >= 15 is 0 Å². The molecule has 0 radical (unpaired) electrons. The summed E-state index contributed by atoms with van der Waals surface area (Å²) in [6.07, 6.45) is -0.663. The summed E-state index contributed by atoms with van der Waals surface area (Å²) in [7, 11) is 1.82. The van der Waals surface area contributed by atoms with Gasteiger partial charge < -0.3 is 10.0 Å². The second kappa shape index (κ2) is 6.09. The minimum absolute atomic E-state index is 0.510. The van der Waals surface area contributed by atoms with Crippen molar-refractivity contribution in [3.63, 3.8) is 0 Å². The maximum atomic E-state index is 9.92. The summed E-state index contributed by atoms with van der Waals surface area (Å²) in [5.74, 6) is 0. The van der Waals surface area contributed by atoms with Crippen molar-refractivity contribution in [3.05, 3.63) is 59.2 Å². The van der Waals surface area contributed by atoms with Gasteiger partial charge in [0.15, 0.2) is 0 Å². The van der Waals surface area contributed by atoms with Crippen LogP contribution in [0.2, 0.25) is 0 Å². The summed E-state index contributed by atoms with van der Waals surface area (Å²) in [5, 5.41) is 28.2. The lowest BCUT2D eigenvalue weighted by Gasteiger charge is -2.24. The first-order valence-electron chi connectivity index (χ1n) is 6.53. The molecule has 2 rings (SSSR count). The van der Waals surface area contributed by atoms with Gasteiger partial charge in [-0.2, -0.15) is 10.5 Å². The summed E-state index contributed by atoms with van der Waals surface area (Å²) < 4.78 is 0. The van der Waals surface area contributed by atoms with E-state index in [1.54, 1.807) is 37.3 Å². The molecule has 2 aromatic carbocycles. The highest BCUT2D eigenvalue weighted by molar-refractivity contribution is 5.72. The number of hydrogen-bond acceptors (Lipinski definition) is 4. The standard InChI is InChI=1S/C17H15N3O/c1-12(21)15-8-7-13(10-18)9-17(15)20(2)16-6-4-3-5-14(16)11-19/h3-9,12,21H,1-2H3/t12-/m1/s1. The Kier molecular flexibility index (Phi) is 4.23. The average molecular weight is 277 g/mol. The van der Waals surface area contributed by atoms with Crippen LogP contribution in [0.25, 0.3) is 0 Å². The highest BCUT2D eigenvalue weighted by atomic mass is 16.3. The molecule has 1 N–H and O–H groups in total. The maximum Gasteiger partial charge on any atom is 0.101 e. The quantitative estimate of drug-likeness (QED) is 0.934. The maximum absolute atomic E-state index is 9.92. The summed E-state index contributed by atoms with van der Waals surface area (Å²) in [5.41, 5.74) is 3.21. The predicted molar refractivity (Wildman–Crippen MR) is 81.0 cm³/mol. The molecule has 21 heavy (non-hydrogen) atoms. The van der Waals surface area contributed by atoms with Crippen molar-refractivity contribution in [3.8, 4) is 12.1 Å². The monoisotopic (exact) mass is 277 g/mol. The van der Waals surface area contributed by atoms with Crippen LogP contribution in [0.5, 0.6) is 0 Å². The van der Waals surface area contributed by atoms with Crippen molar-refractivity contribution in [2.45, 2.75) is 13.0 Å². The van der Waals surface area contributed by atoms with Crippen LogP contribution in [0, 0.1) is 22.7 Å². The van der Waals surface area contributed by atoms with Crippen LogP contribution in [0.3, 0.4) is 0 Å². The third kappa shape index (κ3) is 2.86. The van der Waals surface area contributed by atoms with Crippen LogP contribution in [-0.2, 0) is 0 Å². The average Bonchev–Trinajstić information content (AvgIpc) is 2.53. The van der Waals surface area contributed by atoms with Gasteiger partial charge in [-0.15, -0.1) is 0 Å². The third-order valence-electron chi connectivity index (χ3n) is 3.36. The van der Waals surface area contributed by atoms with Gasteiger partial charge in [0.25, 0.3) is 0 Å². The van der Waals surface area contributed by atoms with E-state index in [-0.39, 0.29) is 0 Å². The van der Waals surface area contributed by atoms with Crippen molar-refractivity contribution < 1.29 is 5.11 Å². The number of para-hydroxylation sites is 1. The molecule has 1 atom stereocenters. The van der Waals surface area contributed by atoms with E-state index in [0.717, 1.165) is 5.69 Å². The van der Waals surface area contributed by atoms with Crippen molar-refractivity contribution in [1.82, 2.24) is 0 Å². The predicted octanol–water partition coefficient (Wildman–Crippen LogP) is 3.25. The van der Waals surface area contributed by atoms with Gasteiger partial charge in [-0.1, -0.05) is 18.2 Å². The van der Waals surface area contributed by atoms with Gasteiger partial charge in [-0.3, -0.25) is 0 Å². The molecule has 0 aromatic heterocycles. The number of hydrogen-bond donors (Lipinski definition) is 1. The van der Waals surface area contributed by atoms with E-state index < -0.39 is 6.10 Å². The van der Waals surface area contributed by atoms with Gasteiger partial charge in [0.1, 0.15) is 6.07 Å². The van der Waals surface area contributed by atoms with E-state index in [1.165, 1.54) is 0 Å². The smallest absolute Gasteiger partial charge is 0.101 e. The number of nitriles is 2. The molecular weight excluding hydrogens is 262 g/mol. The molecule has 0 saturated heterocycles. The summed E-state index contributed by atoms with van der Waals surface area (Å²) in [6, 6.07) is 16.6. The van der Waals surface area contributed by atoms with E-state index in [4.69, 9.17) is 5.26 Å². The lowest BCUT2D eigenvalue weighted by Crippen LogP contribution is -2.14. The molecule has 0 bridgehead atoms.